The molecule has 1 heteroatoms. The van der Waals surface area contributed by atoms with Crippen LogP contribution in [0.4, 0.5) is 0 Å². The number of carbonyl (C=O) groups is 1. The molecule has 1 spiro atoms. The summed E-state index contributed by atoms with van der Waals surface area (Å²) >= 11 is 0. The molecule has 3 rings (SSSR count). The first kappa shape index (κ1) is 10.1. The van der Waals surface area contributed by atoms with Gasteiger partial charge in [0.1, 0.15) is 5.78 Å². The second-order valence-electron chi connectivity index (χ2n) is 5.37. The molecule has 0 unspecified atom stereocenters. The van der Waals surface area contributed by atoms with Gasteiger partial charge in [-0.15, -0.1) is 0 Å². The molecule has 1 aromatic rings. The van der Waals surface area contributed by atoms with Crippen LogP contribution in [0, 0.1) is 6.92 Å². The summed E-state index contributed by atoms with van der Waals surface area (Å²) in [5, 5.41) is 0. The lowest BCUT2D eigenvalue weighted by molar-refractivity contribution is -0.125. The van der Waals surface area contributed by atoms with Crippen LogP contribution in [0.15, 0.2) is 18.2 Å². The van der Waals surface area contributed by atoms with Gasteiger partial charge in [-0.25, -0.2) is 0 Å². The Balaban J connectivity index is 2.19. The van der Waals surface area contributed by atoms with E-state index in [0.29, 0.717) is 5.78 Å². The van der Waals surface area contributed by atoms with E-state index in [9.17, 15) is 4.79 Å². The SMILES string of the molecule is Cc1ccc2c(c1)C1(CCCC1)C(=O)CC2. The molecule has 1 aromatic carbocycles. The molecule has 0 saturated heterocycles. The lowest BCUT2D eigenvalue weighted by Gasteiger charge is -2.34. The molecule has 16 heavy (non-hydrogen) atoms. The fourth-order valence-corrected chi connectivity index (χ4v) is 3.52. The first-order chi connectivity index (χ1) is 7.72. The Kier molecular flexibility index (Phi) is 2.17. The number of fused-ring (bicyclic) bond motifs is 2. The second-order valence-corrected chi connectivity index (χ2v) is 5.37. The van der Waals surface area contributed by atoms with Crippen molar-refractivity contribution < 1.29 is 4.79 Å². The maximum atomic E-state index is 12.3. The van der Waals surface area contributed by atoms with E-state index in [1.165, 1.54) is 29.5 Å². The Labute approximate surface area is 96.9 Å². The minimum absolute atomic E-state index is 0.0837. The highest BCUT2D eigenvalue weighted by Crippen LogP contribution is 2.46. The van der Waals surface area contributed by atoms with Gasteiger partial charge in [0.2, 0.25) is 0 Å². The molecule has 0 heterocycles. The van der Waals surface area contributed by atoms with Crippen LogP contribution in [0.25, 0.3) is 0 Å². The molecule has 0 N–H and O–H groups in total. The number of hydrogen-bond acceptors (Lipinski definition) is 1. The van der Waals surface area contributed by atoms with Crippen LogP contribution < -0.4 is 0 Å². The molecule has 2 aliphatic carbocycles. The van der Waals surface area contributed by atoms with Crippen LogP contribution in [-0.4, -0.2) is 5.78 Å². The summed E-state index contributed by atoms with van der Waals surface area (Å²) in [5.74, 6) is 0.503. The van der Waals surface area contributed by atoms with Gasteiger partial charge >= 0.3 is 0 Å². The Morgan fingerprint density at radius 2 is 1.88 bits per heavy atom. The Morgan fingerprint density at radius 3 is 2.62 bits per heavy atom. The fourth-order valence-electron chi connectivity index (χ4n) is 3.52. The summed E-state index contributed by atoms with van der Waals surface area (Å²) in [6.45, 7) is 2.13. The van der Waals surface area contributed by atoms with Crippen LogP contribution in [0.1, 0.15) is 48.8 Å². The zero-order valence-corrected chi connectivity index (χ0v) is 9.88. The largest absolute Gasteiger partial charge is 0.299 e. The Hall–Kier alpha value is -1.11. The van der Waals surface area contributed by atoms with Gasteiger partial charge in [-0.05, 0) is 37.3 Å². The van der Waals surface area contributed by atoms with Crippen molar-refractivity contribution in [2.45, 2.75) is 50.9 Å². The van der Waals surface area contributed by atoms with Gasteiger partial charge in [0.15, 0.2) is 0 Å². The molecular weight excluding hydrogens is 196 g/mol. The van der Waals surface area contributed by atoms with Crippen LogP contribution in [0.3, 0.4) is 0 Å². The van der Waals surface area contributed by atoms with E-state index >= 15 is 0 Å². The van der Waals surface area contributed by atoms with Crippen molar-refractivity contribution >= 4 is 5.78 Å². The molecule has 1 fully saturated rings. The summed E-state index contributed by atoms with van der Waals surface area (Å²) in [6, 6.07) is 6.67. The van der Waals surface area contributed by atoms with Gasteiger partial charge in [-0.3, -0.25) is 4.79 Å². The normalized spacial score (nSPS) is 22.4. The van der Waals surface area contributed by atoms with Crippen LogP contribution >= 0.6 is 0 Å². The molecular formula is C15H18O. The molecule has 0 amide bonds. The smallest absolute Gasteiger partial charge is 0.143 e. The van der Waals surface area contributed by atoms with Gasteiger partial charge < -0.3 is 0 Å². The van der Waals surface area contributed by atoms with E-state index in [1.807, 2.05) is 0 Å². The van der Waals surface area contributed by atoms with E-state index in [2.05, 4.69) is 25.1 Å². The van der Waals surface area contributed by atoms with Crippen LogP contribution in [0.5, 0.6) is 0 Å². The average Bonchev–Trinajstić information content (AvgIpc) is 2.75. The maximum Gasteiger partial charge on any atom is 0.143 e. The zero-order valence-electron chi connectivity index (χ0n) is 9.88. The number of ketones is 1. The predicted molar refractivity (Wildman–Crippen MR) is 64.7 cm³/mol. The van der Waals surface area contributed by atoms with Crippen molar-refractivity contribution in [2.75, 3.05) is 0 Å². The predicted octanol–water partition coefficient (Wildman–Crippen LogP) is 3.32. The third-order valence-electron chi connectivity index (χ3n) is 4.39. The van der Waals surface area contributed by atoms with Crippen molar-refractivity contribution in [3.63, 3.8) is 0 Å². The van der Waals surface area contributed by atoms with Crippen molar-refractivity contribution in [3.05, 3.63) is 34.9 Å². The third-order valence-corrected chi connectivity index (χ3v) is 4.39. The first-order valence-corrected chi connectivity index (χ1v) is 6.36. The van der Waals surface area contributed by atoms with Gasteiger partial charge in [0, 0.05) is 6.42 Å². The Morgan fingerprint density at radius 1 is 1.12 bits per heavy atom. The van der Waals surface area contributed by atoms with E-state index in [0.717, 1.165) is 25.7 Å². The molecule has 0 bridgehead atoms. The fraction of sp³-hybridized carbons (Fsp3) is 0.533. The maximum absolute atomic E-state index is 12.3. The number of aryl methyl sites for hydroxylation is 2. The molecule has 0 aromatic heterocycles. The number of Topliss-reactive ketones (excluding diaryl/α,β-unsaturated/α-hetero) is 1. The molecule has 0 atom stereocenters. The molecule has 1 saturated carbocycles. The first-order valence-electron chi connectivity index (χ1n) is 6.36. The third kappa shape index (κ3) is 1.27. The molecule has 2 aliphatic rings. The summed E-state index contributed by atoms with van der Waals surface area (Å²) in [6.07, 6.45) is 6.33. The van der Waals surface area contributed by atoms with E-state index in [4.69, 9.17) is 0 Å². The zero-order chi connectivity index (χ0) is 11.2. The van der Waals surface area contributed by atoms with Crippen molar-refractivity contribution in [2.24, 2.45) is 0 Å². The minimum atomic E-state index is -0.0837. The van der Waals surface area contributed by atoms with Gasteiger partial charge in [-0.1, -0.05) is 36.6 Å². The highest BCUT2D eigenvalue weighted by Gasteiger charge is 2.45. The van der Waals surface area contributed by atoms with Gasteiger partial charge in [-0.2, -0.15) is 0 Å². The number of rotatable bonds is 0. The van der Waals surface area contributed by atoms with Crippen LogP contribution in [-0.2, 0) is 16.6 Å². The summed E-state index contributed by atoms with van der Waals surface area (Å²) < 4.78 is 0. The molecule has 0 radical (unpaired) electrons. The number of carbonyl (C=O) groups excluding carboxylic acids is 1. The topological polar surface area (TPSA) is 17.1 Å². The average molecular weight is 214 g/mol. The highest BCUT2D eigenvalue weighted by atomic mass is 16.1. The lowest BCUT2D eigenvalue weighted by Crippen LogP contribution is -2.37. The minimum Gasteiger partial charge on any atom is -0.299 e. The quantitative estimate of drug-likeness (QED) is 0.647. The highest BCUT2D eigenvalue weighted by molar-refractivity contribution is 5.92. The van der Waals surface area contributed by atoms with Gasteiger partial charge in [0.05, 0.1) is 5.41 Å². The second kappa shape index (κ2) is 3.44. The molecule has 0 aliphatic heterocycles. The monoisotopic (exact) mass is 214 g/mol. The van der Waals surface area contributed by atoms with E-state index < -0.39 is 0 Å². The Bertz CT molecular complexity index is 439. The van der Waals surface area contributed by atoms with E-state index in [-0.39, 0.29) is 5.41 Å². The number of hydrogen-bond donors (Lipinski definition) is 0. The van der Waals surface area contributed by atoms with Gasteiger partial charge in [0.25, 0.3) is 0 Å². The standard InChI is InChI=1S/C15H18O/c1-11-4-5-12-6-7-14(16)15(13(12)10-11)8-2-3-9-15/h4-5,10H,2-3,6-9H2,1H3. The van der Waals surface area contributed by atoms with Crippen molar-refractivity contribution in [3.8, 4) is 0 Å². The molecule has 84 valence electrons. The van der Waals surface area contributed by atoms with Crippen LogP contribution in [0.2, 0.25) is 0 Å². The van der Waals surface area contributed by atoms with E-state index in [1.54, 1.807) is 0 Å². The summed E-state index contributed by atoms with van der Waals surface area (Å²) in [4.78, 5) is 12.3. The lowest BCUT2D eigenvalue weighted by atomic mass is 9.67. The number of benzene rings is 1. The summed E-state index contributed by atoms with van der Waals surface area (Å²) in [5.41, 5.74) is 3.99. The molecule has 1 nitrogen and oxygen atoms in total. The summed E-state index contributed by atoms with van der Waals surface area (Å²) in [7, 11) is 0. The van der Waals surface area contributed by atoms with Crippen molar-refractivity contribution in [1.82, 2.24) is 0 Å². The van der Waals surface area contributed by atoms with Crippen molar-refractivity contribution in [1.29, 1.82) is 0 Å².